The van der Waals surface area contributed by atoms with E-state index in [1.165, 1.54) is 6.92 Å². The molecule has 3 rings (SSSR count). The van der Waals surface area contributed by atoms with Crippen LogP contribution in [0.3, 0.4) is 0 Å². The molecule has 0 saturated carbocycles. The fourth-order valence-electron chi connectivity index (χ4n) is 3.04. The van der Waals surface area contributed by atoms with Crippen LogP contribution in [-0.2, 0) is 9.59 Å². The predicted octanol–water partition coefficient (Wildman–Crippen LogP) is 1.96. The lowest BCUT2D eigenvalue weighted by atomic mass is 10.2. The Bertz CT molecular complexity index is 874. The first-order chi connectivity index (χ1) is 13.4. The van der Waals surface area contributed by atoms with Crippen molar-refractivity contribution in [1.29, 1.82) is 0 Å². The highest BCUT2D eigenvalue weighted by atomic mass is 16.2. The standard InChI is InChI=1S/C20H23N5O3/c1-14(26)22-17-4-3-5-18(12-17)23-20(28)16-6-7-19(21-13-16)25-10-8-24(9-11-25)15(2)27/h3-7,12-13H,8-11H2,1-2H3,(H,22,26)(H,23,28). The minimum atomic E-state index is -0.277. The summed E-state index contributed by atoms with van der Waals surface area (Å²) in [7, 11) is 0. The van der Waals surface area contributed by atoms with Crippen LogP contribution in [-0.4, -0.2) is 53.8 Å². The molecule has 8 heteroatoms. The monoisotopic (exact) mass is 381 g/mol. The maximum Gasteiger partial charge on any atom is 0.257 e. The van der Waals surface area contributed by atoms with Crippen LogP contribution >= 0.6 is 0 Å². The third-order valence-corrected chi connectivity index (χ3v) is 4.50. The number of carbonyl (C=O) groups is 3. The van der Waals surface area contributed by atoms with E-state index in [1.807, 2.05) is 11.0 Å². The first-order valence-corrected chi connectivity index (χ1v) is 9.08. The third kappa shape index (κ3) is 4.85. The molecular formula is C20H23N5O3. The van der Waals surface area contributed by atoms with Crippen LogP contribution in [0.4, 0.5) is 17.2 Å². The molecule has 1 aliphatic rings. The van der Waals surface area contributed by atoms with E-state index in [2.05, 4.69) is 20.5 Å². The number of nitrogens with zero attached hydrogens (tertiary/aromatic N) is 3. The molecule has 28 heavy (non-hydrogen) atoms. The highest BCUT2D eigenvalue weighted by Gasteiger charge is 2.19. The lowest BCUT2D eigenvalue weighted by Crippen LogP contribution is -2.48. The van der Waals surface area contributed by atoms with Crippen molar-refractivity contribution < 1.29 is 14.4 Å². The zero-order chi connectivity index (χ0) is 20.1. The Morgan fingerprint density at radius 1 is 0.929 bits per heavy atom. The van der Waals surface area contributed by atoms with Crippen molar-refractivity contribution in [3.05, 3.63) is 48.2 Å². The van der Waals surface area contributed by atoms with Crippen LogP contribution in [0, 0.1) is 0 Å². The Morgan fingerprint density at radius 3 is 2.18 bits per heavy atom. The first-order valence-electron chi connectivity index (χ1n) is 9.08. The molecule has 2 N–H and O–H groups in total. The fourth-order valence-corrected chi connectivity index (χ4v) is 3.04. The Balaban J connectivity index is 1.61. The van der Waals surface area contributed by atoms with Gasteiger partial charge in [0.2, 0.25) is 11.8 Å². The fraction of sp³-hybridized carbons (Fsp3) is 0.300. The van der Waals surface area contributed by atoms with Crippen LogP contribution < -0.4 is 15.5 Å². The van der Waals surface area contributed by atoms with Gasteiger partial charge in [-0.2, -0.15) is 0 Å². The van der Waals surface area contributed by atoms with Gasteiger partial charge < -0.3 is 20.4 Å². The molecule has 1 aromatic heterocycles. The van der Waals surface area contributed by atoms with Crippen molar-refractivity contribution in [2.45, 2.75) is 13.8 Å². The van der Waals surface area contributed by atoms with Gasteiger partial charge in [0.05, 0.1) is 5.56 Å². The maximum atomic E-state index is 12.5. The minimum Gasteiger partial charge on any atom is -0.353 e. The van der Waals surface area contributed by atoms with E-state index in [-0.39, 0.29) is 17.7 Å². The Morgan fingerprint density at radius 2 is 1.61 bits per heavy atom. The molecule has 2 aromatic rings. The summed E-state index contributed by atoms with van der Waals surface area (Å²) in [4.78, 5) is 43.3. The number of anilines is 3. The zero-order valence-electron chi connectivity index (χ0n) is 15.9. The summed E-state index contributed by atoms with van der Waals surface area (Å²) in [6.07, 6.45) is 1.54. The summed E-state index contributed by atoms with van der Waals surface area (Å²) in [5.41, 5.74) is 1.64. The third-order valence-electron chi connectivity index (χ3n) is 4.50. The van der Waals surface area contributed by atoms with Crippen LogP contribution in [0.1, 0.15) is 24.2 Å². The van der Waals surface area contributed by atoms with Crippen LogP contribution in [0.5, 0.6) is 0 Å². The summed E-state index contributed by atoms with van der Waals surface area (Å²) in [6.45, 7) is 5.78. The van der Waals surface area contributed by atoms with Gasteiger partial charge in [-0.3, -0.25) is 14.4 Å². The maximum absolute atomic E-state index is 12.5. The predicted molar refractivity (Wildman–Crippen MR) is 107 cm³/mol. The molecule has 1 aliphatic heterocycles. The smallest absolute Gasteiger partial charge is 0.257 e. The molecule has 1 saturated heterocycles. The number of piperazine rings is 1. The SMILES string of the molecule is CC(=O)Nc1cccc(NC(=O)c2ccc(N3CCN(C(C)=O)CC3)nc2)c1. The molecular weight excluding hydrogens is 358 g/mol. The second-order valence-electron chi connectivity index (χ2n) is 6.61. The molecule has 0 bridgehead atoms. The molecule has 146 valence electrons. The molecule has 0 aliphatic carbocycles. The van der Waals surface area contributed by atoms with Gasteiger partial charge in [-0.25, -0.2) is 4.98 Å². The van der Waals surface area contributed by atoms with E-state index >= 15 is 0 Å². The highest BCUT2D eigenvalue weighted by molar-refractivity contribution is 6.04. The van der Waals surface area contributed by atoms with E-state index < -0.39 is 0 Å². The summed E-state index contributed by atoms with van der Waals surface area (Å²) in [5, 5.41) is 5.48. The average Bonchev–Trinajstić information content (AvgIpc) is 2.68. The second-order valence-corrected chi connectivity index (χ2v) is 6.61. The van der Waals surface area contributed by atoms with E-state index in [0.29, 0.717) is 43.1 Å². The van der Waals surface area contributed by atoms with Gasteiger partial charge in [0, 0.05) is 57.6 Å². The number of benzene rings is 1. The second kappa shape index (κ2) is 8.51. The van der Waals surface area contributed by atoms with Crippen LogP contribution in [0.25, 0.3) is 0 Å². The molecule has 0 radical (unpaired) electrons. The highest BCUT2D eigenvalue weighted by Crippen LogP contribution is 2.18. The quantitative estimate of drug-likeness (QED) is 0.844. The minimum absolute atomic E-state index is 0.0854. The van der Waals surface area contributed by atoms with Gasteiger partial charge in [0.25, 0.3) is 5.91 Å². The van der Waals surface area contributed by atoms with Crippen molar-refractivity contribution in [1.82, 2.24) is 9.88 Å². The number of hydrogen-bond donors (Lipinski definition) is 2. The van der Waals surface area contributed by atoms with Crippen molar-refractivity contribution in [3.63, 3.8) is 0 Å². The molecule has 2 heterocycles. The summed E-state index contributed by atoms with van der Waals surface area (Å²) in [6, 6.07) is 10.5. The Hall–Kier alpha value is -3.42. The normalized spacial score (nSPS) is 13.8. The lowest BCUT2D eigenvalue weighted by molar-refractivity contribution is -0.129. The lowest BCUT2D eigenvalue weighted by Gasteiger charge is -2.34. The van der Waals surface area contributed by atoms with E-state index in [4.69, 9.17) is 0 Å². The molecule has 0 unspecified atom stereocenters. The summed E-state index contributed by atoms with van der Waals surface area (Å²) in [5.74, 6) is 0.419. The number of carbonyl (C=O) groups excluding carboxylic acids is 3. The number of nitrogens with one attached hydrogen (secondary N) is 2. The average molecular weight is 381 g/mol. The Labute approximate surface area is 163 Å². The molecule has 0 spiro atoms. The van der Waals surface area contributed by atoms with Crippen LogP contribution in [0.2, 0.25) is 0 Å². The van der Waals surface area contributed by atoms with E-state index in [0.717, 1.165) is 5.82 Å². The van der Waals surface area contributed by atoms with Gasteiger partial charge in [-0.15, -0.1) is 0 Å². The number of aromatic nitrogens is 1. The number of hydrogen-bond acceptors (Lipinski definition) is 5. The largest absolute Gasteiger partial charge is 0.353 e. The molecule has 0 atom stereocenters. The summed E-state index contributed by atoms with van der Waals surface area (Å²) < 4.78 is 0. The molecule has 3 amide bonds. The van der Waals surface area contributed by atoms with Crippen molar-refractivity contribution >= 4 is 34.9 Å². The van der Waals surface area contributed by atoms with Gasteiger partial charge in [-0.1, -0.05) is 6.07 Å². The molecule has 1 fully saturated rings. The molecule has 1 aromatic carbocycles. The number of amides is 3. The summed E-state index contributed by atoms with van der Waals surface area (Å²) >= 11 is 0. The number of rotatable bonds is 4. The van der Waals surface area contributed by atoms with E-state index in [1.54, 1.807) is 43.5 Å². The Kier molecular flexibility index (Phi) is 5.88. The molecule has 8 nitrogen and oxygen atoms in total. The van der Waals surface area contributed by atoms with Crippen molar-refractivity contribution in [3.8, 4) is 0 Å². The van der Waals surface area contributed by atoms with Gasteiger partial charge in [0.15, 0.2) is 0 Å². The van der Waals surface area contributed by atoms with Crippen LogP contribution in [0.15, 0.2) is 42.6 Å². The zero-order valence-corrected chi connectivity index (χ0v) is 15.9. The van der Waals surface area contributed by atoms with Crippen molar-refractivity contribution in [2.75, 3.05) is 41.7 Å². The van der Waals surface area contributed by atoms with E-state index in [9.17, 15) is 14.4 Å². The van der Waals surface area contributed by atoms with Gasteiger partial charge in [-0.05, 0) is 30.3 Å². The van der Waals surface area contributed by atoms with Gasteiger partial charge >= 0.3 is 0 Å². The first kappa shape index (κ1) is 19.3. The van der Waals surface area contributed by atoms with Crippen molar-refractivity contribution in [2.24, 2.45) is 0 Å². The topological polar surface area (TPSA) is 94.6 Å². The number of pyridine rings is 1. The van der Waals surface area contributed by atoms with Gasteiger partial charge in [0.1, 0.15) is 5.82 Å².